The molecule has 4 bridgehead atoms. The van der Waals surface area contributed by atoms with E-state index in [4.69, 9.17) is 9.47 Å². The SMILES string of the molecule is COc1cc2cc(c1OC)CCCNC(=O)CCC[C@H]1[C@H]3C[C@@H](CN(C(=O)c4ccc(-n5ccnc5)cc4)C3)CN1C(=O)CC2. The summed E-state index contributed by atoms with van der Waals surface area (Å²) in [6, 6.07) is 11.7. The minimum Gasteiger partial charge on any atom is -0.493 e. The molecule has 2 aromatic carbocycles. The Morgan fingerprint density at radius 2 is 1.80 bits per heavy atom. The third-order valence-corrected chi connectivity index (χ3v) is 9.59. The number of ether oxygens (including phenoxy) is 2. The van der Waals surface area contributed by atoms with Gasteiger partial charge in [-0.1, -0.05) is 6.07 Å². The molecule has 3 atom stereocenters. The smallest absolute Gasteiger partial charge is 0.253 e. The molecule has 1 N–H and O–H groups in total. The molecule has 0 aliphatic carbocycles. The van der Waals surface area contributed by atoms with Gasteiger partial charge >= 0.3 is 0 Å². The number of carbonyl (C=O) groups excluding carboxylic acids is 3. The summed E-state index contributed by atoms with van der Waals surface area (Å²) in [6.45, 7) is 2.47. The standard InChI is InChI=1S/C35H43N5O5/c1-44-31-19-24-8-13-33(42)40-21-25-18-28(30(40)6-3-7-32(41)37-14-4-5-27(17-24)34(31)45-2)22-39(20-25)35(43)26-9-11-29(12-10-26)38-16-15-36-23-38/h9-12,15-17,19,23,25,28,30H,3-8,13-14,18,20-22H2,1-2H3,(H,37,41)/t25-,28-,30-/m0/s1. The zero-order valence-electron chi connectivity index (χ0n) is 26.2. The number of likely N-dealkylation sites (tertiary alicyclic amines) is 1. The van der Waals surface area contributed by atoms with Crippen molar-refractivity contribution in [3.8, 4) is 17.2 Å². The highest BCUT2D eigenvalue weighted by molar-refractivity contribution is 5.94. The Morgan fingerprint density at radius 3 is 2.56 bits per heavy atom. The van der Waals surface area contributed by atoms with Gasteiger partial charge < -0.3 is 29.2 Å². The molecule has 6 rings (SSSR count). The van der Waals surface area contributed by atoms with E-state index in [1.165, 1.54) is 0 Å². The maximum Gasteiger partial charge on any atom is 0.253 e. The van der Waals surface area contributed by atoms with E-state index in [0.29, 0.717) is 68.9 Å². The Labute approximate surface area is 264 Å². The lowest BCUT2D eigenvalue weighted by molar-refractivity contribution is -0.140. The molecular formula is C35H43N5O5. The number of aromatic nitrogens is 2. The molecule has 2 saturated heterocycles. The molecule has 1 aromatic heterocycles. The average molecular weight is 614 g/mol. The highest BCUT2D eigenvalue weighted by atomic mass is 16.5. The number of fused-ring (bicyclic) bond motifs is 6. The van der Waals surface area contributed by atoms with Gasteiger partial charge in [0.25, 0.3) is 5.91 Å². The van der Waals surface area contributed by atoms with Crippen molar-refractivity contribution in [1.29, 1.82) is 0 Å². The third-order valence-electron chi connectivity index (χ3n) is 9.59. The van der Waals surface area contributed by atoms with Gasteiger partial charge in [0.2, 0.25) is 11.8 Å². The molecule has 10 heteroatoms. The summed E-state index contributed by atoms with van der Waals surface area (Å²) < 4.78 is 13.2. The zero-order chi connectivity index (χ0) is 31.3. The summed E-state index contributed by atoms with van der Waals surface area (Å²) in [4.78, 5) is 48.4. The van der Waals surface area contributed by atoms with Crippen molar-refractivity contribution < 1.29 is 23.9 Å². The van der Waals surface area contributed by atoms with Crippen LogP contribution in [0.5, 0.6) is 11.5 Å². The summed E-state index contributed by atoms with van der Waals surface area (Å²) in [5, 5.41) is 3.07. The predicted octanol–water partition coefficient (Wildman–Crippen LogP) is 4.04. The van der Waals surface area contributed by atoms with Crippen molar-refractivity contribution in [2.45, 2.75) is 57.4 Å². The lowest BCUT2D eigenvalue weighted by Crippen LogP contribution is -2.60. The molecule has 238 valence electrons. The van der Waals surface area contributed by atoms with E-state index in [2.05, 4.69) is 21.3 Å². The molecule has 3 amide bonds. The zero-order valence-corrected chi connectivity index (χ0v) is 26.2. The van der Waals surface area contributed by atoms with E-state index in [0.717, 1.165) is 42.5 Å². The first-order chi connectivity index (χ1) is 21.9. The summed E-state index contributed by atoms with van der Waals surface area (Å²) in [5.74, 6) is 1.96. The molecular weight excluding hydrogens is 570 g/mol. The molecule has 0 radical (unpaired) electrons. The first kappa shape index (κ1) is 30.7. The first-order valence-electron chi connectivity index (χ1n) is 16.1. The van der Waals surface area contributed by atoms with E-state index in [1.54, 1.807) is 26.7 Å². The van der Waals surface area contributed by atoms with Crippen LogP contribution in [0.15, 0.2) is 55.1 Å². The number of carbonyl (C=O) groups is 3. The van der Waals surface area contributed by atoms with Crippen LogP contribution in [0.3, 0.4) is 0 Å². The Morgan fingerprint density at radius 1 is 0.956 bits per heavy atom. The number of nitrogens with one attached hydrogen (secondary N) is 1. The second kappa shape index (κ2) is 13.7. The normalized spacial score (nSPS) is 22.8. The average Bonchev–Trinajstić information content (AvgIpc) is 3.60. The van der Waals surface area contributed by atoms with Crippen molar-refractivity contribution >= 4 is 17.7 Å². The number of benzene rings is 2. The third kappa shape index (κ3) is 6.84. The lowest BCUT2D eigenvalue weighted by atomic mass is 9.77. The monoisotopic (exact) mass is 613 g/mol. The molecule has 3 aliphatic heterocycles. The van der Waals surface area contributed by atoms with Crippen molar-refractivity contribution in [1.82, 2.24) is 24.7 Å². The number of aryl methyl sites for hydroxylation is 2. The van der Waals surface area contributed by atoms with E-state index in [-0.39, 0.29) is 35.6 Å². The molecule has 4 heterocycles. The Kier molecular flexibility index (Phi) is 9.37. The molecule has 3 aliphatic rings. The maximum absolute atomic E-state index is 13.9. The van der Waals surface area contributed by atoms with Gasteiger partial charge in [0.05, 0.1) is 20.5 Å². The van der Waals surface area contributed by atoms with Crippen LogP contribution in [-0.2, 0) is 22.4 Å². The van der Waals surface area contributed by atoms with E-state index in [9.17, 15) is 14.4 Å². The minimum atomic E-state index is -0.00497. The Balaban J connectivity index is 1.20. The number of amides is 3. The molecule has 0 unspecified atom stereocenters. The second-order valence-electron chi connectivity index (χ2n) is 12.5. The molecule has 0 saturated carbocycles. The van der Waals surface area contributed by atoms with Crippen LogP contribution < -0.4 is 14.8 Å². The van der Waals surface area contributed by atoms with Crippen LogP contribution in [0, 0.1) is 11.8 Å². The number of hydrogen-bond donors (Lipinski definition) is 1. The second-order valence-corrected chi connectivity index (χ2v) is 12.5. The minimum absolute atomic E-state index is 0.00497. The number of rotatable bonds is 4. The van der Waals surface area contributed by atoms with Crippen LogP contribution in [0.4, 0.5) is 0 Å². The van der Waals surface area contributed by atoms with Crippen LogP contribution >= 0.6 is 0 Å². The molecule has 2 fully saturated rings. The lowest BCUT2D eigenvalue weighted by Gasteiger charge is -2.51. The quantitative estimate of drug-likeness (QED) is 0.476. The summed E-state index contributed by atoms with van der Waals surface area (Å²) in [7, 11) is 3.27. The van der Waals surface area contributed by atoms with Crippen LogP contribution in [-0.4, -0.2) is 83.5 Å². The number of hydrogen-bond acceptors (Lipinski definition) is 6. The number of nitrogens with zero attached hydrogens (tertiary/aromatic N) is 4. The van der Waals surface area contributed by atoms with E-state index in [1.807, 2.05) is 46.0 Å². The largest absolute Gasteiger partial charge is 0.493 e. The Bertz CT molecular complexity index is 1510. The summed E-state index contributed by atoms with van der Waals surface area (Å²) in [5.41, 5.74) is 3.67. The molecule has 45 heavy (non-hydrogen) atoms. The topological polar surface area (TPSA) is 106 Å². The fraction of sp³-hybridized carbons (Fsp3) is 0.486. The predicted molar refractivity (Wildman–Crippen MR) is 170 cm³/mol. The maximum atomic E-state index is 13.9. The summed E-state index contributed by atoms with van der Waals surface area (Å²) >= 11 is 0. The van der Waals surface area contributed by atoms with Gasteiger partial charge in [-0.25, -0.2) is 4.98 Å². The fourth-order valence-corrected chi connectivity index (χ4v) is 7.44. The number of methoxy groups -OCH3 is 2. The molecule has 0 spiro atoms. The number of imidazole rings is 1. The highest BCUT2D eigenvalue weighted by Crippen LogP contribution is 2.37. The van der Waals surface area contributed by atoms with Crippen LogP contribution in [0.2, 0.25) is 0 Å². The highest BCUT2D eigenvalue weighted by Gasteiger charge is 2.43. The Hall–Kier alpha value is -4.34. The summed E-state index contributed by atoms with van der Waals surface area (Å²) in [6.07, 6.45) is 10.7. The van der Waals surface area contributed by atoms with Gasteiger partial charge in [-0.05, 0) is 91.8 Å². The van der Waals surface area contributed by atoms with Gasteiger partial charge in [-0.3, -0.25) is 14.4 Å². The van der Waals surface area contributed by atoms with Gasteiger partial charge in [0.15, 0.2) is 11.5 Å². The van der Waals surface area contributed by atoms with Crippen LogP contribution in [0.25, 0.3) is 5.69 Å². The van der Waals surface area contributed by atoms with E-state index >= 15 is 0 Å². The van der Waals surface area contributed by atoms with Gasteiger partial charge in [0.1, 0.15) is 0 Å². The fourth-order valence-electron chi connectivity index (χ4n) is 7.44. The van der Waals surface area contributed by atoms with Gasteiger partial charge in [-0.15, -0.1) is 0 Å². The van der Waals surface area contributed by atoms with Crippen LogP contribution in [0.1, 0.15) is 60.0 Å². The first-order valence-corrected chi connectivity index (χ1v) is 16.1. The van der Waals surface area contributed by atoms with Crippen molar-refractivity contribution in [2.24, 2.45) is 11.8 Å². The van der Waals surface area contributed by atoms with E-state index < -0.39 is 0 Å². The molecule has 10 nitrogen and oxygen atoms in total. The van der Waals surface area contributed by atoms with Crippen molar-refractivity contribution in [3.63, 3.8) is 0 Å². The molecule has 3 aromatic rings. The van der Waals surface area contributed by atoms with Crippen molar-refractivity contribution in [2.75, 3.05) is 40.4 Å². The van der Waals surface area contributed by atoms with Crippen molar-refractivity contribution in [3.05, 3.63) is 71.8 Å². The number of piperidine rings is 2. The van der Waals surface area contributed by atoms with Gasteiger partial charge in [-0.2, -0.15) is 0 Å². The van der Waals surface area contributed by atoms with Gasteiger partial charge in [0, 0.05) is 68.7 Å².